The fourth-order valence-electron chi connectivity index (χ4n) is 3.11. The van der Waals surface area contributed by atoms with E-state index in [9.17, 15) is 19.2 Å². The lowest BCUT2D eigenvalue weighted by Crippen LogP contribution is -2.26. The van der Waals surface area contributed by atoms with Crippen molar-refractivity contribution in [1.29, 1.82) is 0 Å². The second kappa shape index (κ2) is 9.14. The molecule has 1 aliphatic rings. The number of hydrogen-bond donors (Lipinski definition) is 1. The molecule has 2 amide bonds. The van der Waals surface area contributed by atoms with Gasteiger partial charge in [-0.2, -0.15) is 0 Å². The molecule has 1 aliphatic heterocycles. The zero-order chi connectivity index (χ0) is 20.8. The number of nitrogens with one attached hydrogen (secondary N) is 1. The van der Waals surface area contributed by atoms with Gasteiger partial charge < -0.3 is 15.0 Å². The first-order chi connectivity index (χ1) is 14.0. The van der Waals surface area contributed by atoms with Crippen LogP contribution in [0.2, 0.25) is 0 Å². The number of hydrogen-bond acceptors (Lipinski definition) is 5. The van der Waals surface area contributed by atoms with Crippen molar-refractivity contribution in [2.45, 2.75) is 26.3 Å². The normalized spacial score (nSPS) is 13.3. The summed E-state index contributed by atoms with van der Waals surface area (Å²) in [5.74, 6) is -1.14. The van der Waals surface area contributed by atoms with Gasteiger partial charge in [-0.15, -0.1) is 0 Å². The van der Waals surface area contributed by atoms with Crippen molar-refractivity contribution in [3.05, 3.63) is 65.2 Å². The molecule has 0 aliphatic carbocycles. The van der Waals surface area contributed by atoms with Crippen molar-refractivity contribution in [3.8, 4) is 0 Å². The summed E-state index contributed by atoms with van der Waals surface area (Å²) in [5, 5.41) is 2.68. The zero-order valence-electron chi connectivity index (χ0n) is 16.1. The zero-order valence-corrected chi connectivity index (χ0v) is 16.1. The summed E-state index contributed by atoms with van der Waals surface area (Å²) >= 11 is 0. The van der Waals surface area contributed by atoms with Gasteiger partial charge >= 0.3 is 5.97 Å². The maximum absolute atomic E-state index is 12.5. The van der Waals surface area contributed by atoms with Crippen LogP contribution in [0.15, 0.2) is 48.5 Å². The van der Waals surface area contributed by atoms with Crippen molar-refractivity contribution in [3.63, 3.8) is 0 Å². The third kappa shape index (κ3) is 5.07. The number of benzene rings is 2. The predicted molar refractivity (Wildman–Crippen MR) is 107 cm³/mol. The Bertz CT molecular complexity index is 936. The number of ketones is 1. The van der Waals surface area contributed by atoms with Crippen molar-refractivity contribution in [2.75, 3.05) is 18.1 Å². The highest BCUT2D eigenvalue weighted by Crippen LogP contribution is 2.26. The molecular weight excluding hydrogens is 372 g/mol. The van der Waals surface area contributed by atoms with E-state index in [0.717, 1.165) is 12.0 Å². The van der Waals surface area contributed by atoms with Crippen LogP contribution >= 0.6 is 0 Å². The van der Waals surface area contributed by atoms with Gasteiger partial charge in [0.2, 0.25) is 11.8 Å². The van der Waals surface area contributed by atoms with E-state index in [1.54, 1.807) is 53.4 Å². The molecule has 3 rings (SSSR count). The Labute approximate surface area is 168 Å². The molecule has 1 heterocycles. The van der Waals surface area contributed by atoms with Gasteiger partial charge in [-0.1, -0.05) is 36.4 Å². The second-order valence-corrected chi connectivity index (χ2v) is 6.77. The average molecular weight is 394 g/mol. The Kier molecular flexibility index (Phi) is 6.39. The molecule has 1 N–H and O–H groups in total. The largest absolute Gasteiger partial charge is 0.454 e. The number of Topliss-reactive ketones (excluding diaryl/α,β-unsaturated/α-hetero) is 1. The fraction of sp³-hybridized carbons (Fsp3) is 0.273. The van der Waals surface area contributed by atoms with Gasteiger partial charge in [-0.25, -0.2) is 4.79 Å². The van der Waals surface area contributed by atoms with E-state index in [4.69, 9.17) is 4.74 Å². The molecule has 150 valence electrons. The van der Waals surface area contributed by atoms with Gasteiger partial charge in [-0.05, 0) is 24.1 Å². The van der Waals surface area contributed by atoms with E-state index in [1.165, 1.54) is 6.92 Å². The van der Waals surface area contributed by atoms with Gasteiger partial charge in [0.15, 0.2) is 12.4 Å². The van der Waals surface area contributed by atoms with E-state index in [-0.39, 0.29) is 23.2 Å². The van der Waals surface area contributed by atoms with Gasteiger partial charge in [0, 0.05) is 32.0 Å². The monoisotopic (exact) mass is 394 g/mol. The number of ether oxygens (including phenoxy) is 1. The topological polar surface area (TPSA) is 92.8 Å². The SMILES string of the molecule is CC(=O)NCc1ccc(C(=O)COC(=O)c2ccccc2N2CCCC2=O)cc1. The Morgan fingerprint density at radius 3 is 2.45 bits per heavy atom. The molecule has 2 aromatic rings. The Morgan fingerprint density at radius 1 is 1.07 bits per heavy atom. The predicted octanol–water partition coefficient (Wildman–Crippen LogP) is 2.49. The van der Waals surface area contributed by atoms with Crippen LogP contribution in [-0.4, -0.2) is 36.7 Å². The first-order valence-corrected chi connectivity index (χ1v) is 9.39. The Morgan fingerprint density at radius 2 is 1.79 bits per heavy atom. The summed E-state index contributed by atoms with van der Waals surface area (Å²) < 4.78 is 5.21. The number of esters is 1. The third-order valence-corrected chi connectivity index (χ3v) is 4.64. The highest BCUT2D eigenvalue weighted by Gasteiger charge is 2.26. The molecule has 0 radical (unpaired) electrons. The fourth-order valence-corrected chi connectivity index (χ4v) is 3.11. The van der Waals surface area contributed by atoms with Crippen LogP contribution in [0.4, 0.5) is 5.69 Å². The molecule has 0 bridgehead atoms. The standard InChI is InChI=1S/C22H22N2O5/c1-15(25)23-13-16-8-10-17(11-9-16)20(26)14-29-22(28)18-5-2-3-6-19(18)24-12-4-7-21(24)27/h2-3,5-6,8-11H,4,7,12-14H2,1H3,(H,23,25). The number of para-hydroxylation sites is 1. The molecule has 2 aromatic carbocycles. The van der Waals surface area contributed by atoms with Crippen LogP contribution in [0.1, 0.15) is 46.0 Å². The van der Waals surface area contributed by atoms with Gasteiger partial charge in [0.25, 0.3) is 0 Å². The lowest BCUT2D eigenvalue weighted by molar-refractivity contribution is -0.119. The van der Waals surface area contributed by atoms with Gasteiger partial charge in [0.05, 0.1) is 11.3 Å². The van der Waals surface area contributed by atoms with Crippen LogP contribution in [0, 0.1) is 0 Å². The first kappa shape index (κ1) is 20.3. The lowest BCUT2D eigenvalue weighted by Gasteiger charge is -2.18. The van der Waals surface area contributed by atoms with E-state index in [2.05, 4.69) is 5.32 Å². The molecule has 0 saturated carbocycles. The minimum atomic E-state index is -0.643. The summed E-state index contributed by atoms with van der Waals surface area (Å²) in [7, 11) is 0. The molecule has 7 heteroatoms. The van der Waals surface area contributed by atoms with Gasteiger partial charge in [0.1, 0.15) is 0 Å². The maximum Gasteiger partial charge on any atom is 0.340 e. The molecule has 0 atom stereocenters. The first-order valence-electron chi connectivity index (χ1n) is 9.39. The highest BCUT2D eigenvalue weighted by molar-refractivity contribution is 6.04. The highest BCUT2D eigenvalue weighted by atomic mass is 16.5. The summed E-state index contributed by atoms with van der Waals surface area (Å²) in [6, 6.07) is 13.5. The number of rotatable bonds is 7. The minimum absolute atomic E-state index is 0.0271. The number of nitrogens with zero attached hydrogens (tertiary/aromatic N) is 1. The average Bonchev–Trinajstić information content (AvgIpc) is 3.16. The summed E-state index contributed by atoms with van der Waals surface area (Å²) in [6.07, 6.45) is 1.21. The van der Waals surface area contributed by atoms with Gasteiger partial charge in [-0.3, -0.25) is 14.4 Å². The number of carbonyl (C=O) groups excluding carboxylic acids is 4. The molecule has 0 unspecified atom stereocenters. The molecule has 1 fully saturated rings. The molecule has 7 nitrogen and oxygen atoms in total. The Hall–Kier alpha value is -3.48. The maximum atomic E-state index is 12.5. The molecule has 0 aromatic heterocycles. The summed E-state index contributed by atoms with van der Waals surface area (Å²) in [4.78, 5) is 49.4. The third-order valence-electron chi connectivity index (χ3n) is 4.64. The second-order valence-electron chi connectivity index (χ2n) is 6.77. The van der Waals surface area contributed by atoms with Crippen LogP contribution < -0.4 is 10.2 Å². The van der Waals surface area contributed by atoms with Crippen molar-refractivity contribution in [1.82, 2.24) is 5.32 Å². The van der Waals surface area contributed by atoms with Crippen LogP contribution in [-0.2, 0) is 20.9 Å². The van der Waals surface area contributed by atoms with Crippen molar-refractivity contribution < 1.29 is 23.9 Å². The van der Waals surface area contributed by atoms with Crippen molar-refractivity contribution in [2.24, 2.45) is 0 Å². The van der Waals surface area contributed by atoms with E-state index >= 15 is 0 Å². The Balaban J connectivity index is 1.61. The lowest BCUT2D eigenvalue weighted by atomic mass is 10.1. The summed E-state index contributed by atoms with van der Waals surface area (Å²) in [5.41, 5.74) is 2.04. The van der Waals surface area contributed by atoms with E-state index < -0.39 is 12.6 Å². The molecular formula is C22H22N2O5. The number of amides is 2. The minimum Gasteiger partial charge on any atom is -0.454 e. The van der Waals surface area contributed by atoms with E-state index in [0.29, 0.717) is 30.8 Å². The molecule has 0 spiro atoms. The van der Waals surface area contributed by atoms with Crippen molar-refractivity contribution >= 4 is 29.3 Å². The van der Waals surface area contributed by atoms with Crippen LogP contribution in [0.25, 0.3) is 0 Å². The molecule has 29 heavy (non-hydrogen) atoms. The van der Waals surface area contributed by atoms with E-state index in [1.807, 2.05) is 0 Å². The number of anilines is 1. The van der Waals surface area contributed by atoms with Crippen LogP contribution in [0.3, 0.4) is 0 Å². The number of carbonyl (C=O) groups is 4. The quantitative estimate of drug-likeness (QED) is 0.575. The summed E-state index contributed by atoms with van der Waals surface area (Å²) in [6.45, 7) is 1.98. The van der Waals surface area contributed by atoms with Crippen LogP contribution in [0.5, 0.6) is 0 Å². The molecule has 1 saturated heterocycles. The smallest absolute Gasteiger partial charge is 0.340 e.